The first-order valence-electron chi connectivity index (χ1n) is 7.64. The van der Waals surface area contributed by atoms with Crippen molar-refractivity contribution in [1.29, 1.82) is 0 Å². The Morgan fingerprint density at radius 2 is 1.84 bits per heavy atom. The summed E-state index contributed by atoms with van der Waals surface area (Å²) in [5.41, 5.74) is 1.82. The van der Waals surface area contributed by atoms with Crippen LogP contribution in [0.2, 0.25) is 0 Å². The molecule has 1 aliphatic heterocycles. The molecule has 1 aliphatic rings. The maximum Gasteiger partial charge on any atom is 0.266 e. The highest BCUT2D eigenvalue weighted by molar-refractivity contribution is 8.26. The molecule has 128 valence electrons. The zero-order valence-corrected chi connectivity index (χ0v) is 15.5. The summed E-state index contributed by atoms with van der Waals surface area (Å²) in [5.74, 6) is 1.12. The number of amides is 1. The van der Waals surface area contributed by atoms with E-state index in [9.17, 15) is 4.79 Å². The summed E-state index contributed by atoms with van der Waals surface area (Å²) in [6.07, 6.45) is 1.80. The molecule has 1 heterocycles. The third-order valence-corrected chi connectivity index (χ3v) is 5.15. The standard InChI is InChI=1S/C19H17NO3S2/c1-22-15-10-6-9-14(17(15)23-2)11-16-18(21)20(19(24)25-16)12-13-7-4-3-5-8-13/h3-11H,12H2,1-2H3. The number of carbonyl (C=O) groups is 1. The van der Waals surface area contributed by atoms with Crippen LogP contribution in [-0.2, 0) is 11.3 Å². The number of hydrogen-bond acceptors (Lipinski definition) is 5. The van der Waals surface area contributed by atoms with Crippen LogP contribution < -0.4 is 9.47 Å². The van der Waals surface area contributed by atoms with E-state index in [1.54, 1.807) is 25.2 Å². The van der Waals surface area contributed by atoms with Crippen LogP contribution in [0.25, 0.3) is 6.08 Å². The van der Waals surface area contributed by atoms with E-state index >= 15 is 0 Å². The van der Waals surface area contributed by atoms with Crippen molar-refractivity contribution in [3.05, 3.63) is 64.6 Å². The van der Waals surface area contributed by atoms with Gasteiger partial charge in [-0.05, 0) is 17.7 Å². The fourth-order valence-electron chi connectivity index (χ4n) is 2.57. The second-order valence-electron chi connectivity index (χ2n) is 5.34. The quantitative estimate of drug-likeness (QED) is 0.584. The Bertz CT molecular complexity index is 834. The molecule has 1 fully saturated rings. The summed E-state index contributed by atoms with van der Waals surface area (Å²) in [5, 5.41) is 0. The molecule has 2 aromatic carbocycles. The van der Waals surface area contributed by atoms with Crippen molar-refractivity contribution in [1.82, 2.24) is 4.90 Å². The normalized spacial score (nSPS) is 15.8. The van der Waals surface area contributed by atoms with Gasteiger partial charge in [-0.15, -0.1) is 0 Å². The van der Waals surface area contributed by atoms with Crippen molar-refractivity contribution in [2.24, 2.45) is 0 Å². The molecule has 25 heavy (non-hydrogen) atoms. The number of rotatable bonds is 5. The molecule has 0 N–H and O–H groups in total. The van der Waals surface area contributed by atoms with Crippen LogP contribution in [0.3, 0.4) is 0 Å². The Kier molecular flexibility index (Phi) is 5.40. The van der Waals surface area contributed by atoms with Crippen LogP contribution in [0.5, 0.6) is 11.5 Å². The number of thioether (sulfide) groups is 1. The molecule has 0 unspecified atom stereocenters. The Labute approximate surface area is 156 Å². The Balaban J connectivity index is 1.88. The van der Waals surface area contributed by atoms with Gasteiger partial charge >= 0.3 is 0 Å². The molecular weight excluding hydrogens is 354 g/mol. The predicted octanol–water partition coefficient (Wildman–Crippen LogP) is 4.11. The molecule has 0 radical (unpaired) electrons. The van der Waals surface area contributed by atoms with Crippen molar-refractivity contribution in [3.8, 4) is 11.5 Å². The first-order valence-corrected chi connectivity index (χ1v) is 8.87. The highest BCUT2D eigenvalue weighted by atomic mass is 32.2. The topological polar surface area (TPSA) is 38.8 Å². The van der Waals surface area contributed by atoms with E-state index in [0.29, 0.717) is 27.3 Å². The number of carbonyl (C=O) groups excluding carboxylic acids is 1. The second-order valence-corrected chi connectivity index (χ2v) is 7.01. The predicted molar refractivity (Wildman–Crippen MR) is 105 cm³/mol. The largest absolute Gasteiger partial charge is 0.493 e. The van der Waals surface area contributed by atoms with Crippen LogP contribution in [0.4, 0.5) is 0 Å². The van der Waals surface area contributed by atoms with Gasteiger partial charge in [-0.25, -0.2) is 0 Å². The number of para-hydroxylation sites is 1. The summed E-state index contributed by atoms with van der Waals surface area (Å²) >= 11 is 6.69. The molecule has 0 spiro atoms. The molecule has 0 saturated carbocycles. The number of hydrogen-bond donors (Lipinski definition) is 0. The molecule has 0 bridgehead atoms. The summed E-state index contributed by atoms with van der Waals surface area (Å²) in [4.78, 5) is 15.0. The Morgan fingerprint density at radius 1 is 1.08 bits per heavy atom. The second kappa shape index (κ2) is 7.72. The molecule has 0 atom stereocenters. The summed E-state index contributed by atoms with van der Waals surface area (Å²) in [7, 11) is 3.16. The lowest BCUT2D eigenvalue weighted by Gasteiger charge is -2.14. The molecule has 4 nitrogen and oxygen atoms in total. The monoisotopic (exact) mass is 371 g/mol. The average Bonchev–Trinajstić information content (AvgIpc) is 2.90. The third-order valence-electron chi connectivity index (χ3n) is 3.78. The van der Waals surface area contributed by atoms with E-state index in [1.807, 2.05) is 48.5 Å². The fraction of sp³-hybridized carbons (Fsp3) is 0.158. The summed E-state index contributed by atoms with van der Waals surface area (Å²) in [6.45, 7) is 0.470. The van der Waals surface area contributed by atoms with E-state index in [2.05, 4.69) is 0 Å². The molecule has 3 rings (SSSR count). The number of methoxy groups -OCH3 is 2. The Morgan fingerprint density at radius 3 is 2.52 bits per heavy atom. The van der Waals surface area contributed by atoms with Gasteiger partial charge in [0.05, 0.1) is 25.7 Å². The lowest BCUT2D eigenvalue weighted by Crippen LogP contribution is -2.27. The van der Waals surface area contributed by atoms with Crippen molar-refractivity contribution < 1.29 is 14.3 Å². The van der Waals surface area contributed by atoms with E-state index in [0.717, 1.165) is 11.1 Å². The highest BCUT2D eigenvalue weighted by Gasteiger charge is 2.32. The average molecular weight is 371 g/mol. The zero-order valence-electron chi connectivity index (χ0n) is 13.9. The van der Waals surface area contributed by atoms with Crippen molar-refractivity contribution in [2.75, 3.05) is 14.2 Å². The van der Waals surface area contributed by atoms with Gasteiger partial charge in [0.15, 0.2) is 11.5 Å². The third kappa shape index (κ3) is 3.70. The van der Waals surface area contributed by atoms with Crippen LogP contribution in [0, 0.1) is 0 Å². The highest BCUT2D eigenvalue weighted by Crippen LogP contribution is 2.37. The minimum absolute atomic E-state index is 0.0938. The number of benzene rings is 2. The summed E-state index contributed by atoms with van der Waals surface area (Å²) < 4.78 is 11.3. The maximum absolute atomic E-state index is 12.8. The van der Waals surface area contributed by atoms with Gasteiger partial charge in [-0.1, -0.05) is 66.4 Å². The minimum Gasteiger partial charge on any atom is -0.493 e. The van der Waals surface area contributed by atoms with Gasteiger partial charge in [0.25, 0.3) is 5.91 Å². The molecule has 6 heteroatoms. The van der Waals surface area contributed by atoms with E-state index in [1.165, 1.54) is 11.8 Å². The number of nitrogens with zero attached hydrogens (tertiary/aromatic N) is 1. The Hall–Kier alpha value is -2.31. The molecular formula is C19H17NO3S2. The van der Waals surface area contributed by atoms with E-state index in [-0.39, 0.29) is 5.91 Å². The molecule has 0 aliphatic carbocycles. The molecule has 0 aromatic heterocycles. The number of ether oxygens (including phenoxy) is 2. The van der Waals surface area contributed by atoms with Gasteiger partial charge in [-0.2, -0.15) is 0 Å². The molecule has 1 amide bonds. The van der Waals surface area contributed by atoms with Gasteiger partial charge in [0, 0.05) is 5.56 Å². The molecule has 2 aromatic rings. The van der Waals surface area contributed by atoms with Gasteiger partial charge in [0.2, 0.25) is 0 Å². The fourth-order valence-corrected chi connectivity index (χ4v) is 3.82. The van der Waals surface area contributed by atoms with Crippen LogP contribution >= 0.6 is 24.0 Å². The molecule has 1 saturated heterocycles. The number of thiocarbonyl (C=S) groups is 1. The van der Waals surface area contributed by atoms with Crippen LogP contribution in [0.15, 0.2) is 53.4 Å². The first kappa shape index (κ1) is 17.5. The van der Waals surface area contributed by atoms with E-state index < -0.39 is 0 Å². The van der Waals surface area contributed by atoms with Crippen molar-refractivity contribution >= 4 is 40.3 Å². The smallest absolute Gasteiger partial charge is 0.266 e. The van der Waals surface area contributed by atoms with Gasteiger partial charge < -0.3 is 9.47 Å². The minimum atomic E-state index is -0.0938. The summed E-state index contributed by atoms with van der Waals surface area (Å²) in [6, 6.07) is 15.4. The lowest BCUT2D eigenvalue weighted by molar-refractivity contribution is -0.122. The van der Waals surface area contributed by atoms with Crippen molar-refractivity contribution in [3.63, 3.8) is 0 Å². The van der Waals surface area contributed by atoms with Crippen LogP contribution in [0.1, 0.15) is 11.1 Å². The first-order chi connectivity index (χ1) is 12.1. The van der Waals surface area contributed by atoms with Crippen molar-refractivity contribution in [2.45, 2.75) is 6.54 Å². The van der Waals surface area contributed by atoms with Gasteiger partial charge in [-0.3, -0.25) is 9.69 Å². The van der Waals surface area contributed by atoms with E-state index in [4.69, 9.17) is 21.7 Å². The van der Waals surface area contributed by atoms with Crippen LogP contribution in [-0.4, -0.2) is 29.3 Å². The lowest BCUT2D eigenvalue weighted by atomic mass is 10.1. The maximum atomic E-state index is 12.8. The SMILES string of the molecule is COc1cccc(C=C2SC(=S)N(Cc3ccccc3)C2=O)c1OC. The zero-order chi connectivity index (χ0) is 17.8. The van der Waals surface area contributed by atoms with Gasteiger partial charge in [0.1, 0.15) is 4.32 Å².